The van der Waals surface area contributed by atoms with Crippen LogP contribution < -0.4 is 5.32 Å². The average Bonchev–Trinajstić information content (AvgIpc) is 2.64. The molecule has 1 saturated heterocycles. The number of rotatable bonds is 8. The van der Waals surface area contributed by atoms with Crippen LogP contribution in [0.25, 0.3) is 0 Å². The van der Waals surface area contributed by atoms with Crippen molar-refractivity contribution >= 4 is 39.5 Å². The van der Waals surface area contributed by atoms with Crippen molar-refractivity contribution in [3.63, 3.8) is 0 Å². The summed E-state index contributed by atoms with van der Waals surface area (Å²) in [5, 5.41) is 3.12. The van der Waals surface area contributed by atoms with E-state index in [0.717, 1.165) is 28.8 Å². The lowest BCUT2D eigenvalue weighted by atomic mass is 9.91. The van der Waals surface area contributed by atoms with Gasteiger partial charge in [-0.1, -0.05) is 29.8 Å². The van der Waals surface area contributed by atoms with Crippen LogP contribution in [0, 0.1) is 11.3 Å². The molecule has 1 N–H and O–H groups in total. The van der Waals surface area contributed by atoms with Gasteiger partial charge in [0.05, 0.1) is 5.75 Å². The number of nitrogens with zero attached hydrogens (tertiary/aromatic N) is 2. The van der Waals surface area contributed by atoms with Crippen molar-refractivity contribution in [3.8, 4) is 0 Å². The SMILES string of the molecule is CN(C)CC(C)(C)CNC(=O)C1CCN(C(=O)CSc2ccc(Br)cc2)CC1. The maximum Gasteiger partial charge on any atom is 0.232 e. The number of likely N-dealkylation sites (tertiary alicyclic amines) is 1. The predicted molar refractivity (Wildman–Crippen MR) is 120 cm³/mol. The van der Waals surface area contributed by atoms with Crippen LogP contribution in [0.3, 0.4) is 0 Å². The minimum atomic E-state index is 0.0123. The molecule has 0 radical (unpaired) electrons. The van der Waals surface area contributed by atoms with Gasteiger partial charge in [0.2, 0.25) is 11.8 Å². The van der Waals surface area contributed by atoms with Crippen LogP contribution in [0.4, 0.5) is 0 Å². The van der Waals surface area contributed by atoms with Gasteiger partial charge < -0.3 is 15.1 Å². The molecule has 1 aliphatic heterocycles. The molecule has 7 heteroatoms. The van der Waals surface area contributed by atoms with E-state index >= 15 is 0 Å². The molecule has 1 aromatic rings. The lowest BCUT2D eigenvalue weighted by molar-refractivity contribution is -0.133. The third kappa shape index (κ3) is 7.76. The molecule has 28 heavy (non-hydrogen) atoms. The third-order valence-corrected chi connectivity index (χ3v) is 6.41. The number of carbonyl (C=O) groups excluding carboxylic acids is 2. The van der Waals surface area contributed by atoms with Crippen LogP contribution in [-0.2, 0) is 9.59 Å². The number of halogens is 1. The van der Waals surface area contributed by atoms with Crippen LogP contribution in [0.15, 0.2) is 33.6 Å². The summed E-state index contributed by atoms with van der Waals surface area (Å²) in [6, 6.07) is 7.99. The minimum Gasteiger partial charge on any atom is -0.355 e. The van der Waals surface area contributed by atoms with E-state index in [9.17, 15) is 9.59 Å². The first kappa shape index (κ1) is 23.2. The fourth-order valence-corrected chi connectivity index (χ4v) is 4.61. The number of piperidine rings is 1. The van der Waals surface area contributed by atoms with Gasteiger partial charge in [-0.15, -0.1) is 11.8 Å². The number of hydrogen-bond donors (Lipinski definition) is 1. The first-order valence-corrected chi connectivity index (χ1v) is 11.5. The Morgan fingerprint density at radius 2 is 1.82 bits per heavy atom. The van der Waals surface area contributed by atoms with E-state index in [1.54, 1.807) is 11.8 Å². The zero-order valence-corrected chi connectivity index (χ0v) is 19.7. The predicted octanol–water partition coefficient (Wildman–Crippen LogP) is 3.48. The number of carbonyl (C=O) groups is 2. The zero-order chi connectivity index (χ0) is 20.7. The molecule has 0 aromatic heterocycles. The molecule has 1 fully saturated rings. The first-order chi connectivity index (χ1) is 13.2. The van der Waals surface area contributed by atoms with Gasteiger partial charge in [0.25, 0.3) is 0 Å². The maximum absolute atomic E-state index is 12.5. The van der Waals surface area contributed by atoms with E-state index in [-0.39, 0.29) is 23.1 Å². The van der Waals surface area contributed by atoms with Crippen LogP contribution >= 0.6 is 27.7 Å². The molecule has 0 bridgehead atoms. The lowest BCUT2D eigenvalue weighted by Crippen LogP contribution is -2.46. The first-order valence-electron chi connectivity index (χ1n) is 9.75. The summed E-state index contributed by atoms with van der Waals surface area (Å²) in [4.78, 5) is 30.1. The van der Waals surface area contributed by atoms with Gasteiger partial charge in [-0.3, -0.25) is 9.59 Å². The van der Waals surface area contributed by atoms with E-state index in [1.807, 2.05) is 43.3 Å². The molecule has 2 rings (SSSR count). The molecule has 0 aliphatic carbocycles. The number of amides is 2. The van der Waals surface area contributed by atoms with Crippen molar-refractivity contribution in [2.75, 3.05) is 46.0 Å². The zero-order valence-electron chi connectivity index (χ0n) is 17.3. The van der Waals surface area contributed by atoms with E-state index in [1.165, 1.54) is 0 Å². The van der Waals surface area contributed by atoms with Gasteiger partial charge in [0.1, 0.15) is 0 Å². The molecule has 5 nitrogen and oxygen atoms in total. The summed E-state index contributed by atoms with van der Waals surface area (Å²) >= 11 is 4.98. The standard InChI is InChI=1S/C21H32BrN3O2S/c1-21(2,15-24(3)4)14-23-20(27)16-9-11-25(12-10-16)19(26)13-28-18-7-5-17(22)6-8-18/h5-8,16H,9-15H2,1-4H3,(H,23,27). The van der Waals surface area contributed by atoms with Crippen molar-refractivity contribution in [2.24, 2.45) is 11.3 Å². The fourth-order valence-electron chi connectivity index (χ4n) is 3.54. The monoisotopic (exact) mass is 469 g/mol. The van der Waals surface area contributed by atoms with E-state index in [2.05, 4.69) is 40.0 Å². The Kier molecular flexibility index (Phi) is 8.83. The highest BCUT2D eigenvalue weighted by Gasteiger charge is 2.28. The average molecular weight is 470 g/mol. The normalized spacial score (nSPS) is 15.7. The van der Waals surface area contributed by atoms with Crippen molar-refractivity contribution < 1.29 is 9.59 Å². The lowest BCUT2D eigenvalue weighted by Gasteiger charge is -2.33. The molecule has 1 aliphatic rings. The molecular weight excluding hydrogens is 438 g/mol. The molecule has 1 aromatic carbocycles. The fraction of sp³-hybridized carbons (Fsp3) is 0.619. The summed E-state index contributed by atoms with van der Waals surface area (Å²) in [6.07, 6.45) is 1.49. The van der Waals surface area contributed by atoms with Gasteiger partial charge in [-0.25, -0.2) is 0 Å². The smallest absolute Gasteiger partial charge is 0.232 e. The third-order valence-electron chi connectivity index (χ3n) is 4.88. The summed E-state index contributed by atoms with van der Waals surface area (Å²) in [6.45, 7) is 7.26. The molecule has 2 amide bonds. The maximum atomic E-state index is 12.5. The van der Waals surface area contributed by atoms with E-state index in [4.69, 9.17) is 0 Å². The Balaban J connectivity index is 1.71. The van der Waals surface area contributed by atoms with Gasteiger partial charge in [0.15, 0.2) is 0 Å². The Bertz CT molecular complexity index is 656. The van der Waals surface area contributed by atoms with E-state index in [0.29, 0.717) is 25.4 Å². The molecular formula is C21H32BrN3O2S. The van der Waals surface area contributed by atoms with Crippen molar-refractivity contribution in [2.45, 2.75) is 31.6 Å². The van der Waals surface area contributed by atoms with Crippen molar-refractivity contribution in [1.29, 1.82) is 0 Å². The van der Waals surface area contributed by atoms with Gasteiger partial charge in [0, 0.05) is 41.5 Å². The Morgan fingerprint density at radius 1 is 1.21 bits per heavy atom. The Hall–Kier alpha value is -1.05. The topological polar surface area (TPSA) is 52.7 Å². The highest BCUT2D eigenvalue weighted by Crippen LogP contribution is 2.23. The Morgan fingerprint density at radius 3 is 2.39 bits per heavy atom. The largest absolute Gasteiger partial charge is 0.355 e. The van der Waals surface area contributed by atoms with Crippen LogP contribution in [0.5, 0.6) is 0 Å². The molecule has 0 atom stereocenters. The highest BCUT2D eigenvalue weighted by molar-refractivity contribution is 9.10. The minimum absolute atomic E-state index is 0.0123. The molecule has 0 unspecified atom stereocenters. The summed E-state index contributed by atoms with van der Waals surface area (Å²) < 4.78 is 1.04. The number of nitrogens with one attached hydrogen (secondary N) is 1. The Labute approximate surface area is 181 Å². The van der Waals surface area contributed by atoms with Gasteiger partial charge >= 0.3 is 0 Å². The molecule has 0 saturated carbocycles. The number of benzene rings is 1. The molecule has 1 heterocycles. The van der Waals surface area contributed by atoms with Crippen LogP contribution in [0.1, 0.15) is 26.7 Å². The summed E-state index contributed by atoms with van der Waals surface area (Å²) in [7, 11) is 4.09. The second-order valence-electron chi connectivity index (χ2n) is 8.52. The van der Waals surface area contributed by atoms with Gasteiger partial charge in [-0.05, 0) is 56.6 Å². The van der Waals surface area contributed by atoms with Crippen molar-refractivity contribution in [3.05, 3.63) is 28.7 Å². The molecule has 156 valence electrons. The number of hydrogen-bond acceptors (Lipinski definition) is 4. The van der Waals surface area contributed by atoms with Crippen molar-refractivity contribution in [1.82, 2.24) is 15.1 Å². The van der Waals surface area contributed by atoms with Gasteiger partial charge in [-0.2, -0.15) is 0 Å². The second-order valence-corrected chi connectivity index (χ2v) is 10.5. The van der Waals surface area contributed by atoms with Crippen LogP contribution in [-0.4, -0.2) is 67.6 Å². The summed E-state index contributed by atoms with van der Waals surface area (Å²) in [5.74, 6) is 0.734. The number of thioether (sulfide) groups is 1. The summed E-state index contributed by atoms with van der Waals surface area (Å²) in [5.41, 5.74) is 0.0417. The van der Waals surface area contributed by atoms with Crippen LogP contribution in [0.2, 0.25) is 0 Å². The highest BCUT2D eigenvalue weighted by atomic mass is 79.9. The quantitative estimate of drug-likeness (QED) is 0.592. The second kappa shape index (κ2) is 10.6. The molecule has 0 spiro atoms. The van der Waals surface area contributed by atoms with E-state index < -0.39 is 0 Å².